The first kappa shape index (κ1) is 19.1. The number of aryl methyl sites for hydroxylation is 1. The third-order valence-corrected chi connectivity index (χ3v) is 4.52. The van der Waals surface area contributed by atoms with Gasteiger partial charge in [0.05, 0.1) is 7.11 Å². The van der Waals surface area contributed by atoms with Crippen molar-refractivity contribution < 1.29 is 13.9 Å². The number of methoxy groups -OCH3 is 1. The predicted molar refractivity (Wildman–Crippen MR) is 96.6 cm³/mol. The van der Waals surface area contributed by atoms with E-state index < -0.39 is 6.09 Å². The summed E-state index contributed by atoms with van der Waals surface area (Å²) < 4.78 is 21.9. The number of halogens is 1. The maximum atomic E-state index is 13.1. The van der Waals surface area contributed by atoms with Crippen LogP contribution in [0.2, 0.25) is 0 Å². The number of carbonyl (C=O) groups is 1. The molecule has 6 nitrogen and oxygen atoms in total. The zero-order valence-electron chi connectivity index (χ0n) is 14.6. The third-order valence-electron chi connectivity index (χ3n) is 3.81. The minimum absolute atomic E-state index is 0.163. The molecule has 0 saturated heterocycles. The molecule has 25 heavy (non-hydrogen) atoms. The molecule has 1 aromatic heterocycles. The molecular weight excluding hydrogens is 343 g/mol. The van der Waals surface area contributed by atoms with Gasteiger partial charge in [0.1, 0.15) is 11.6 Å². The highest BCUT2D eigenvalue weighted by molar-refractivity contribution is 7.09. The van der Waals surface area contributed by atoms with Crippen LogP contribution in [0.15, 0.2) is 24.3 Å². The number of nitrogens with one attached hydrogen (secondary N) is 2. The van der Waals surface area contributed by atoms with Gasteiger partial charge in [0.2, 0.25) is 5.13 Å². The molecule has 2 N–H and O–H groups in total. The number of hydrogen-bond donors (Lipinski definition) is 2. The normalized spacial score (nSPS) is 11.2. The summed E-state index contributed by atoms with van der Waals surface area (Å²) in [5.41, 5.74) is 0.893. The van der Waals surface area contributed by atoms with E-state index in [1.54, 1.807) is 12.1 Å². The fourth-order valence-corrected chi connectivity index (χ4v) is 2.84. The van der Waals surface area contributed by atoms with Crippen LogP contribution in [0.25, 0.3) is 0 Å². The first-order valence-electron chi connectivity index (χ1n) is 8.05. The molecule has 1 aromatic carbocycles. The predicted octanol–water partition coefficient (Wildman–Crippen LogP) is 3.36. The second kappa shape index (κ2) is 8.75. The number of aromatic nitrogens is 2. The molecule has 0 aliphatic heterocycles. The minimum Gasteiger partial charge on any atom is -0.453 e. The Hall–Kier alpha value is -2.22. The van der Waals surface area contributed by atoms with Gasteiger partial charge in [-0.1, -0.05) is 26.0 Å². The van der Waals surface area contributed by atoms with E-state index in [-0.39, 0.29) is 11.2 Å². The van der Waals surface area contributed by atoms with E-state index in [1.165, 1.54) is 30.8 Å². The number of benzene rings is 1. The van der Waals surface area contributed by atoms with E-state index in [1.807, 2.05) is 0 Å². The molecule has 0 bridgehead atoms. The smallest absolute Gasteiger partial charge is 0.406 e. The molecule has 0 fully saturated rings. The zero-order chi connectivity index (χ0) is 18.3. The van der Waals surface area contributed by atoms with E-state index >= 15 is 0 Å². The Balaban J connectivity index is 1.80. The maximum Gasteiger partial charge on any atom is 0.406 e. The molecule has 2 rings (SSSR count). The molecule has 8 heteroatoms. The Kier molecular flexibility index (Phi) is 6.69. The summed E-state index contributed by atoms with van der Waals surface area (Å²) in [5.74, 6) is 0.515. The van der Waals surface area contributed by atoms with Crippen LogP contribution in [0, 0.1) is 5.82 Å². The first-order chi connectivity index (χ1) is 11.9. The maximum absolute atomic E-state index is 13.1. The van der Waals surface area contributed by atoms with E-state index in [0.29, 0.717) is 19.5 Å². The third kappa shape index (κ3) is 5.97. The van der Waals surface area contributed by atoms with E-state index in [9.17, 15) is 9.18 Å². The highest BCUT2D eigenvalue weighted by atomic mass is 32.1. The number of alkyl carbamates (subject to hydrolysis) is 1. The number of hydrogen-bond acceptors (Lipinski definition) is 6. The van der Waals surface area contributed by atoms with Gasteiger partial charge in [-0.25, -0.2) is 14.2 Å². The summed E-state index contributed by atoms with van der Waals surface area (Å²) in [6, 6.07) is 6.55. The highest BCUT2D eigenvalue weighted by Gasteiger charge is 2.21. The van der Waals surface area contributed by atoms with Gasteiger partial charge >= 0.3 is 6.09 Å². The monoisotopic (exact) mass is 366 g/mol. The lowest BCUT2D eigenvalue weighted by Gasteiger charge is -2.25. The zero-order valence-corrected chi connectivity index (χ0v) is 15.5. The Morgan fingerprint density at radius 3 is 2.72 bits per heavy atom. The summed E-state index contributed by atoms with van der Waals surface area (Å²) in [6.45, 7) is 5.37. The van der Waals surface area contributed by atoms with Gasteiger partial charge in [0.15, 0.2) is 0 Å². The number of rotatable bonds is 8. The topological polar surface area (TPSA) is 76.1 Å². The first-order valence-corrected chi connectivity index (χ1v) is 8.82. The molecule has 0 aliphatic rings. The van der Waals surface area contributed by atoms with Crippen LogP contribution in [0.5, 0.6) is 0 Å². The van der Waals surface area contributed by atoms with Crippen molar-refractivity contribution in [1.82, 2.24) is 14.7 Å². The van der Waals surface area contributed by atoms with Gasteiger partial charge in [0.25, 0.3) is 0 Å². The molecular formula is C17H23FN4O2S. The van der Waals surface area contributed by atoms with Gasteiger partial charge in [-0.05, 0) is 24.1 Å². The SMILES string of the molecule is COC(=O)NCCCc1nsc(NCC(C)(C)c2ccc(F)cc2)n1. The summed E-state index contributed by atoms with van der Waals surface area (Å²) in [7, 11) is 1.34. The van der Waals surface area contributed by atoms with Crippen molar-refractivity contribution in [2.75, 3.05) is 25.5 Å². The molecule has 0 unspecified atom stereocenters. The van der Waals surface area contributed by atoms with Gasteiger partial charge in [-0.15, -0.1) is 0 Å². The number of anilines is 1. The summed E-state index contributed by atoms with van der Waals surface area (Å²) in [4.78, 5) is 15.4. The quantitative estimate of drug-likeness (QED) is 0.701. The number of nitrogens with zero attached hydrogens (tertiary/aromatic N) is 2. The summed E-state index contributed by atoms with van der Waals surface area (Å²) >= 11 is 1.31. The van der Waals surface area contributed by atoms with Gasteiger partial charge in [-0.3, -0.25) is 0 Å². The van der Waals surface area contributed by atoms with Gasteiger partial charge < -0.3 is 15.4 Å². The Labute approximate surface area is 151 Å². The lowest BCUT2D eigenvalue weighted by molar-refractivity contribution is 0.171. The average molecular weight is 366 g/mol. The van der Waals surface area contributed by atoms with Crippen LogP contribution in [0.3, 0.4) is 0 Å². The summed E-state index contributed by atoms with van der Waals surface area (Å²) in [5, 5.41) is 6.67. The minimum atomic E-state index is -0.434. The van der Waals surface area contributed by atoms with E-state index in [4.69, 9.17) is 0 Å². The largest absolute Gasteiger partial charge is 0.453 e. The molecule has 2 aromatic rings. The number of carbonyl (C=O) groups excluding carboxylic acids is 1. The Morgan fingerprint density at radius 2 is 2.04 bits per heavy atom. The fourth-order valence-electron chi connectivity index (χ4n) is 2.24. The lowest BCUT2D eigenvalue weighted by atomic mass is 9.85. The molecule has 0 spiro atoms. The Bertz CT molecular complexity index is 688. The van der Waals surface area contributed by atoms with Crippen molar-refractivity contribution in [2.45, 2.75) is 32.1 Å². The van der Waals surface area contributed by atoms with Crippen LogP contribution >= 0.6 is 11.5 Å². The standard InChI is InChI=1S/C17H23FN4O2S/c1-17(2,12-6-8-13(18)9-7-12)11-20-15-21-14(22-25-15)5-4-10-19-16(23)24-3/h6-9H,4-5,10-11H2,1-3H3,(H,19,23)(H,20,21,22). The van der Waals surface area contributed by atoms with Gasteiger partial charge in [0, 0.05) is 36.5 Å². The second-order valence-electron chi connectivity index (χ2n) is 6.28. The molecule has 0 radical (unpaired) electrons. The van der Waals surface area contributed by atoms with Crippen LogP contribution in [0.4, 0.5) is 14.3 Å². The number of ether oxygens (including phenoxy) is 1. The summed E-state index contributed by atoms with van der Waals surface area (Å²) in [6.07, 6.45) is 0.993. The molecule has 1 amide bonds. The van der Waals surface area contributed by atoms with Crippen LogP contribution < -0.4 is 10.6 Å². The molecule has 0 atom stereocenters. The van der Waals surface area contributed by atoms with Gasteiger partial charge in [-0.2, -0.15) is 4.37 Å². The highest BCUT2D eigenvalue weighted by Crippen LogP contribution is 2.24. The van der Waals surface area contributed by atoms with Crippen molar-refractivity contribution in [3.63, 3.8) is 0 Å². The molecule has 136 valence electrons. The van der Waals surface area contributed by atoms with Crippen LogP contribution in [0.1, 0.15) is 31.7 Å². The van der Waals surface area contributed by atoms with Crippen LogP contribution in [-0.4, -0.2) is 35.7 Å². The van der Waals surface area contributed by atoms with Crippen molar-refractivity contribution in [2.24, 2.45) is 0 Å². The van der Waals surface area contributed by atoms with Crippen molar-refractivity contribution in [1.29, 1.82) is 0 Å². The lowest BCUT2D eigenvalue weighted by Crippen LogP contribution is -2.27. The Morgan fingerprint density at radius 1 is 1.32 bits per heavy atom. The average Bonchev–Trinajstić information content (AvgIpc) is 3.05. The number of amides is 1. The van der Waals surface area contributed by atoms with E-state index in [2.05, 4.69) is 38.6 Å². The molecule has 0 aliphatic carbocycles. The van der Waals surface area contributed by atoms with Crippen molar-refractivity contribution >= 4 is 22.8 Å². The van der Waals surface area contributed by atoms with E-state index in [0.717, 1.165) is 22.9 Å². The van der Waals surface area contributed by atoms with Crippen LogP contribution in [-0.2, 0) is 16.6 Å². The van der Waals surface area contributed by atoms with Crippen molar-refractivity contribution in [3.05, 3.63) is 41.5 Å². The molecule has 1 heterocycles. The fraction of sp³-hybridized carbons (Fsp3) is 0.471. The van der Waals surface area contributed by atoms with Crippen molar-refractivity contribution in [3.8, 4) is 0 Å². The second-order valence-corrected chi connectivity index (χ2v) is 7.03. The molecule has 0 saturated carbocycles.